The van der Waals surface area contributed by atoms with Crippen molar-refractivity contribution in [2.75, 3.05) is 0 Å². The molecule has 106 valence electrons. The summed E-state index contributed by atoms with van der Waals surface area (Å²) in [5.74, 6) is 0.826. The van der Waals surface area contributed by atoms with Crippen molar-refractivity contribution in [1.82, 2.24) is 14.8 Å². The van der Waals surface area contributed by atoms with Crippen molar-refractivity contribution in [3.8, 4) is 0 Å². The molecule has 0 bridgehead atoms. The first-order chi connectivity index (χ1) is 9.69. The molecule has 0 aliphatic heterocycles. The van der Waals surface area contributed by atoms with Crippen LogP contribution < -0.4 is 0 Å². The smallest absolute Gasteiger partial charge is 0.191 e. The van der Waals surface area contributed by atoms with Crippen LogP contribution in [0.5, 0.6) is 0 Å². The summed E-state index contributed by atoms with van der Waals surface area (Å²) in [7, 11) is 0. The number of aromatic nitrogens is 3. The van der Waals surface area contributed by atoms with Gasteiger partial charge in [-0.1, -0.05) is 29.4 Å². The highest BCUT2D eigenvalue weighted by Gasteiger charge is 2.29. The summed E-state index contributed by atoms with van der Waals surface area (Å²) < 4.78 is 15.1. The molecule has 1 aliphatic carbocycles. The van der Waals surface area contributed by atoms with Crippen LogP contribution in [0.25, 0.3) is 0 Å². The zero-order valence-corrected chi connectivity index (χ0v) is 12.2. The number of benzene rings is 1. The molecule has 20 heavy (non-hydrogen) atoms. The second-order valence-electron chi connectivity index (χ2n) is 4.70. The summed E-state index contributed by atoms with van der Waals surface area (Å²) in [4.78, 5) is 0. The number of hydrogen-bond donors (Lipinski definition) is 1. The predicted molar refractivity (Wildman–Crippen MR) is 75.2 cm³/mol. The summed E-state index contributed by atoms with van der Waals surface area (Å²) >= 11 is 7.28. The molecule has 1 heterocycles. The molecule has 0 radical (unpaired) electrons. The van der Waals surface area contributed by atoms with Crippen LogP contribution in [0.15, 0.2) is 23.4 Å². The summed E-state index contributed by atoms with van der Waals surface area (Å²) in [5.41, 5.74) is 0.928. The average molecular weight is 314 g/mol. The maximum absolute atomic E-state index is 13.1. The average Bonchev–Trinajstić information content (AvgIpc) is 3.20. The Hall–Kier alpha value is -1.11. The highest BCUT2D eigenvalue weighted by molar-refractivity contribution is 7.98. The van der Waals surface area contributed by atoms with Gasteiger partial charge in [0.2, 0.25) is 0 Å². The molecule has 1 N–H and O–H groups in total. The van der Waals surface area contributed by atoms with E-state index >= 15 is 0 Å². The van der Waals surface area contributed by atoms with Gasteiger partial charge in [-0.05, 0) is 30.5 Å². The van der Waals surface area contributed by atoms with E-state index < -0.39 is 5.82 Å². The molecule has 0 saturated heterocycles. The van der Waals surface area contributed by atoms with Crippen molar-refractivity contribution in [3.63, 3.8) is 0 Å². The van der Waals surface area contributed by atoms with Gasteiger partial charge in [-0.25, -0.2) is 4.39 Å². The summed E-state index contributed by atoms with van der Waals surface area (Å²) in [5, 5.41) is 18.3. The number of hydrogen-bond acceptors (Lipinski definition) is 4. The van der Waals surface area contributed by atoms with Gasteiger partial charge in [0.05, 0.1) is 5.02 Å². The quantitative estimate of drug-likeness (QED) is 0.861. The molecule has 3 rings (SSSR count). The van der Waals surface area contributed by atoms with Gasteiger partial charge in [-0.2, -0.15) is 0 Å². The topological polar surface area (TPSA) is 50.9 Å². The lowest BCUT2D eigenvalue weighted by Crippen LogP contribution is -2.02. The minimum atomic E-state index is -0.413. The van der Waals surface area contributed by atoms with Gasteiger partial charge >= 0.3 is 0 Å². The molecule has 1 fully saturated rings. The fourth-order valence-electron chi connectivity index (χ4n) is 1.99. The van der Waals surface area contributed by atoms with Crippen molar-refractivity contribution in [3.05, 3.63) is 40.4 Å². The Balaban J connectivity index is 1.75. The van der Waals surface area contributed by atoms with Crippen molar-refractivity contribution in [2.24, 2.45) is 0 Å². The normalized spacial score (nSPS) is 14.8. The van der Waals surface area contributed by atoms with Crippen LogP contribution in [0.4, 0.5) is 4.39 Å². The standard InChI is InChI=1S/C13H13ClFN3OS/c14-10-5-8(1-4-11(10)15)7-20-13-17-16-12(6-19)18(13)9-2-3-9/h1,4-5,9,19H,2-3,6-7H2. The lowest BCUT2D eigenvalue weighted by atomic mass is 10.2. The molecule has 0 atom stereocenters. The summed E-state index contributed by atoms with van der Waals surface area (Å²) in [6, 6.07) is 5.10. The van der Waals surface area contributed by atoms with Gasteiger partial charge in [0.25, 0.3) is 0 Å². The number of halogens is 2. The van der Waals surface area contributed by atoms with Gasteiger partial charge in [0.15, 0.2) is 11.0 Å². The Bertz CT molecular complexity index is 630. The fraction of sp³-hybridized carbons (Fsp3) is 0.385. The van der Waals surface area contributed by atoms with E-state index in [-0.39, 0.29) is 11.6 Å². The van der Waals surface area contributed by atoms with E-state index in [1.807, 2.05) is 4.57 Å². The second kappa shape index (κ2) is 5.71. The van der Waals surface area contributed by atoms with Crippen molar-refractivity contribution >= 4 is 23.4 Å². The van der Waals surface area contributed by atoms with E-state index in [0.717, 1.165) is 23.6 Å². The Morgan fingerprint density at radius 2 is 2.20 bits per heavy atom. The van der Waals surface area contributed by atoms with Crippen LogP contribution in [0.1, 0.15) is 30.3 Å². The number of aliphatic hydroxyl groups is 1. The van der Waals surface area contributed by atoms with Crippen LogP contribution in [-0.2, 0) is 12.4 Å². The van der Waals surface area contributed by atoms with Gasteiger partial charge < -0.3 is 9.67 Å². The Morgan fingerprint density at radius 1 is 1.40 bits per heavy atom. The van der Waals surface area contributed by atoms with Crippen LogP contribution in [-0.4, -0.2) is 19.9 Å². The third-order valence-corrected chi connectivity index (χ3v) is 4.44. The predicted octanol–water partition coefficient (Wildman–Crippen LogP) is 3.19. The third kappa shape index (κ3) is 2.82. The van der Waals surface area contributed by atoms with Crippen LogP contribution in [0.2, 0.25) is 5.02 Å². The molecule has 1 saturated carbocycles. The van der Waals surface area contributed by atoms with Crippen LogP contribution >= 0.6 is 23.4 Å². The van der Waals surface area contributed by atoms with Crippen molar-refractivity contribution in [2.45, 2.75) is 36.4 Å². The summed E-state index contributed by atoms with van der Waals surface area (Å²) in [6.45, 7) is -0.105. The maximum atomic E-state index is 13.1. The number of rotatable bonds is 5. The van der Waals surface area contributed by atoms with Crippen LogP contribution in [0, 0.1) is 5.82 Å². The molecular formula is C13H13ClFN3OS. The molecule has 0 spiro atoms. The van der Waals surface area contributed by atoms with Gasteiger partial charge in [-0.15, -0.1) is 10.2 Å². The lowest BCUT2D eigenvalue weighted by Gasteiger charge is -2.07. The number of nitrogens with zero attached hydrogens (tertiary/aromatic N) is 3. The minimum absolute atomic E-state index is 0.105. The SMILES string of the molecule is OCc1nnc(SCc2ccc(F)c(Cl)c2)n1C1CC1. The zero-order valence-electron chi connectivity index (χ0n) is 10.6. The maximum Gasteiger partial charge on any atom is 0.191 e. The van der Waals surface area contributed by atoms with E-state index in [1.54, 1.807) is 12.1 Å². The number of aliphatic hydroxyl groups excluding tert-OH is 1. The molecule has 1 aliphatic rings. The highest BCUT2D eigenvalue weighted by atomic mass is 35.5. The molecule has 0 amide bonds. The molecule has 0 unspecified atom stereocenters. The first kappa shape index (κ1) is 13.9. The van der Waals surface area contributed by atoms with E-state index in [0.29, 0.717) is 17.6 Å². The van der Waals surface area contributed by atoms with E-state index in [2.05, 4.69) is 10.2 Å². The van der Waals surface area contributed by atoms with Gasteiger partial charge in [-0.3, -0.25) is 0 Å². The summed E-state index contributed by atoms with van der Waals surface area (Å²) in [6.07, 6.45) is 2.20. The lowest BCUT2D eigenvalue weighted by molar-refractivity contribution is 0.263. The van der Waals surface area contributed by atoms with E-state index in [1.165, 1.54) is 17.8 Å². The molecule has 7 heteroatoms. The van der Waals surface area contributed by atoms with Crippen molar-refractivity contribution in [1.29, 1.82) is 0 Å². The van der Waals surface area contributed by atoms with E-state index in [4.69, 9.17) is 11.6 Å². The second-order valence-corrected chi connectivity index (χ2v) is 6.04. The van der Waals surface area contributed by atoms with Gasteiger partial charge in [0.1, 0.15) is 12.4 Å². The Labute approximate surface area is 125 Å². The largest absolute Gasteiger partial charge is 0.388 e. The zero-order chi connectivity index (χ0) is 14.1. The fourth-order valence-corrected chi connectivity index (χ4v) is 3.16. The third-order valence-electron chi connectivity index (χ3n) is 3.14. The molecule has 1 aromatic heterocycles. The molecule has 1 aromatic carbocycles. The first-order valence-electron chi connectivity index (χ1n) is 6.30. The van der Waals surface area contributed by atoms with Crippen LogP contribution in [0.3, 0.4) is 0 Å². The molecule has 4 nitrogen and oxygen atoms in total. The highest BCUT2D eigenvalue weighted by Crippen LogP contribution is 2.39. The molecular weight excluding hydrogens is 301 g/mol. The first-order valence-corrected chi connectivity index (χ1v) is 7.66. The van der Waals surface area contributed by atoms with Crippen molar-refractivity contribution < 1.29 is 9.50 Å². The van der Waals surface area contributed by atoms with E-state index in [9.17, 15) is 9.50 Å². The Kier molecular flexibility index (Phi) is 3.96. The minimum Gasteiger partial charge on any atom is -0.388 e. The number of thioether (sulfide) groups is 1. The monoisotopic (exact) mass is 313 g/mol. The Morgan fingerprint density at radius 3 is 2.85 bits per heavy atom. The molecule has 2 aromatic rings. The van der Waals surface area contributed by atoms with Gasteiger partial charge in [0, 0.05) is 11.8 Å².